The monoisotopic (exact) mass is 670 g/mol. The van der Waals surface area contributed by atoms with Crippen LogP contribution in [0.2, 0.25) is 0 Å². The molecule has 0 amide bonds. The fraction of sp³-hybridized carbons (Fsp3) is 0. The molecule has 4 rings (SSSR count). The van der Waals surface area contributed by atoms with Crippen molar-refractivity contribution in [1.82, 2.24) is 0 Å². The Morgan fingerprint density at radius 3 is 0.894 bits per heavy atom. The predicted molar refractivity (Wildman–Crippen MR) is 158 cm³/mol. The Hall–Kier alpha value is -7.17. The van der Waals surface area contributed by atoms with Crippen molar-refractivity contribution in [2.75, 3.05) is 10.6 Å². The molecule has 4 aromatic carbocycles. The predicted octanol–water partition coefficient (Wildman–Crippen LogP) is 5.46. The van der Waals surface area contributed by atoms with Crippen LogP contribution in [0.5, 0.6) is 0 Å². The summed E-state index contributed by atoms with van der Waals surface area (Å²) in [6.07, 6.45) is 0. The number of hydrogen-bond donors (Lipinski definition) is 2. The van der Waals surface area contributed by atoms with Gasteiger partial charge < -0.3 is 10.6 Å². The fourth-order valence-corrected chi connectivity index (χ4v) is 5.36. The molecule has 0 spiro atoms. The van der Waals surface area contributed by atoms with Crippen molar-refractivity contribution in [3.05, 3.63) is 133 Å². The molecule has 0 radical (unpaired) electrons. The van der Waals surface area contributed by atoms with E-state index in [0.717, 1.165) is 48.5 Å². The Morgan fingerprint density at radius 1 is 0.426 bits per heavy atom. The average Bonchev–Trinajstić information content (AvgIpc) is 3.00. The topological polar surface area (TPSA) is 317 Å². The van der Waals surface area contributed by atoms with Gasteiger partial charge in [0.25, 0.3) is 11.4 Å². The van der Waals surface area contributed by atoms with Gasteiger partial charge in [0.05, 0.1) is 63.6 Å². The summed E-state index contributed by atoms with van der Waals surface area (Å²) < 4.78 is 26.4. The second-order valence-electron chi connectivity index (χ2n) is 9.06. The number of nitro benzene ring substituents is 6. The molecule has 0 aromatic heterocycles. The second kappa shape index (κ2) is 12.4. The van der Waals surface area contributed by atoms with Crippen molar-refractivity contribution in [2.45, 2.75) is 9.79 Å². The first-order chi connectivity index (χ1) is 22.0. The lowest BCUT2D eigenvalue weighted by molar-refractivity contribution is -0.402. The molecule has 4 aromatic rings. The summed E-state index contributed by atoms with van der Waals surface area (Å²) >= 11 is 0. The number of rotatable bonds is 12. The second-order valence-corrected chi connectivity index (χ2v) is 11.0. The van der Waals surface area contributed by atoms with E-state index in [0.29, 0.717) is 24.3 Å². The zero-order valence-corrected chi connectivity index (χ0v) is 23.6. The van der Waals surface area contributed by atoms with E-state index in [1.807, 2.05) is 0 Å². The van der Waals surface area contributed by atoms with E-state index in [2.05, 4.69) is 10.6 Å². The summed E-state index contributed by atoms with van der Waals surface area (Å²) in [7, 11) is -4.27. The normalized spacial score (nSPS) is 10.9. The van der Waals surface area contributed by atoms with Gasteiger partial charge in [-0.05, 0) is 48.5 Å². The SMILES string of the molecule is O=[N+]([O-])c1cc([N+](=O)[O-])c(Nc2ccc(S(=O)(=O)c3ccc(Nc4c([N+](=O)[O-])cc([N+](=O)[O-])cc4[N+](=O)[O-])cc3)cc2)c([N+](=O)[O-])c1. The molecular weight excluding hydrogens is 656 g/mol. The minimum absolute atomic E-state index is 0.0603. The van der Waals surface area contributed by atoms with E-state index in [4.69, 9.17) is 0 Å². The van der Waals surface area contributed by atoms with Crippen molar-refractivity contribution in [1.29, 1.82) is 0 Å². The first kappa shape index (κ1) is 32.7. The first-order valence-corrected chi connectivity index (χ1v) is 13.7. The number of nitrogens with one attached hydrogen (secondary N) is 2. The molecule has 0 saturated heterocycles. The molecule has 0 aliphatic heterocycles. The van der Waals surface area contributed by atoms with Crippen LogP contribution in [-0.4, -0.2) is 38.0 Å². The van der Waals surface area contributed by atoms with Gasteiger partial charge in [-0.15, -0.1) is 0 Å². The summed E-state index contributed by atoms with van der Waals surface area (Å²) in [4.78, 5) is 61.2. The lowest BCUT2D eigenvalue weighted by Gasteiger charge is -2.11. The third kappa shape index (κ3) is 6.68. The molecule has 47 heavy (non-hydrogen) atoms. The lowest BCUT2D eigenvalue weighted by atomic mass is 10.2. The fourth-order valence-electron chi connectivity index (χ4n) is 4.10. The summed E-state index contributed by atoms with van der Waals surface area (Å²) in [6.45, 7) is 0. The summed E-state index contributed by atoms with van der Waals surface area (Å²) in [5.74, 6) is 0. The van der Waals surface area contributed by atoms with Gasteiger partial charge in [-0.2, -0.15) is 0 Å². The molecule has 0 bridgehead atoms. The molecule has 23 heteroatoms. The van der Waals surface area contributed by atoms with E-state index in [-0.39, 0.29) is 21.2 Å². The summed E-state index contributed by atoms with van der Waals surface area (Å²) in [5.41, 5.74) is -7.26. The maximum Gasteiger partial charge on any atom is 0.306 e. The number of nitro groups is 6. The number of sulfone groups is 1. The van der Waals surface area contributed by atoms with Gasteiger partial charge in [0.15, 0.2) is 11.4 Å². The number of hydrogen-bond acceptors (Lipinski definition) is 16. The van der Waals surface area contributed by atoms with E-state index in [1.165, 1.54) is 0 Å². The quantitative estimate of drug-likeness (QED) is 0.140. The Morgan fingerprint density at radius 2 is 0.681 bits per heavy atom. The van der Waals surface area contributed by atoms with Gasteiger partial charge in [0, 0.05) is 11.4 Å². The Labute approximate surface area is 258 Å². The number of nitrogens with zero attached hydrogens (tertiary/aromatic N) is 6. The van der Waals surface area contributed by atoms with Crippen molar-refractivity contribution < 1.29 is 38.0 Å². The van der Waals surface area contributed by atoms with Crippen LogP contribution in [0.1, 0.15) is 0 Å². The van der Waals surface area contributed by atoms with Crippen LogP contribution in [0.15, 0.2) is 82.6 Å². The van der Waals surface area contributed by atoms with Crippen LogP contribution in [0.4, 0.5) is 56.9 Å². The van der Waals surface area contributed by atoms with Crippen LogP contribution >= 0.6 is 0 Å². The van der Waals surface area contributed by atoms with Gasteiger partial charge in [-0.25, -0.2) is 8.42 Å². The van der Waals surface area contributed by atoms with Crippen LogP contribution in [0, 0.1) is 60.7 Å². The Bertz CT molecular complexity index is 1910. The van der Waals surface area contributed by atoms with Crippen LogP contribution in [-0.2, 0) is 9.84 Å². The highest BCUT2D eigenvalue weighted by Gasteiger charge is 2.32. The van der Waals surface area contributed by atoms with Crippen molar-refractivity contribution in [3.8, 4) is 0 Å². The Kier molecular flexibility index (Phi) is 8.67. The molecule has 0 unspecified atom stereocenters. The van der Waals surface area contributed by atoms with E-state index >= 15 is 0 Å². The van der Waals surface area contributed by atoms with Crippen molar-refractivity contribution >= 4 is 66.7 Å². The van der Waals surface area contributed by atoms with E-state index in [9.17, 15) is 69.1 Å². The molecule has 2 N–H and O–H groups in total. The largest absolute Gasteiger partial charge is 0.344 e. The molecule has 0 heterocycles. The number of anilines is 4. The zero-order chi connectivity index (χ0) is 34.8. The van der Waals surface area contributed by atoms with Crippen molar-refractivity contribution in [3.63, 3.8) is 0 Å². The molecule has 0 saturated carbocycles. The molecule has 0 aliphatic rings. The zero-order valence-electron chi connectivity index (χ0n) is 22.7. The van der Waals surface area contributed by atoms with Gasteiger partial charge in [-0.1, -0.05) is 0 Å². The minimum atomic E-state index is -4.27. The lowest BCUT2D eigenvalue weighted by Crippen LogP contribution is -2.05. The highest BCUT2D eigenvalue weighted by molar-refractivity contribution is 7.91. The molecule has 240 valence electrons. The van der Waals surface area contributed by atoms with Crippen LogP contribution < -0.4 is 10.6 Å². The summed E-state index contributed by atoms with van der Waals surface area (Å²) in [6, 6.07) is 10.7. The Balaban J connectivity index is 1.63. The van der Waals surface area contributed by atoms with Gasteiger partial charge >= 0.3 is 22.7 Å². The highest BCUT2D eigenvalue weighted by atomic mass is 32.2. The average molecular weight is 670 g/mol. The molecule has 0 atom stereocenters. The van der Waals surface area contributed by atoms with Crippen LogP contribution in [0.25, 0.3) is 0 Å². The van der Waals surface area contributed by atoms with Gasteiger partial charge in [0.2, 0.25) is 9.84 Å². The summed E-state index contributed by atoms with van der Waals surface area (Å²) in [5, 5.41) is 73.1. The number of non-ortho nitro benzene ring substituents is 2. The standard InChI is InChI=1S/C24H14N8O14S/c33-27(34)15-9-19(29(37)38)23(20(10-15)30(39)40)25-13-1-5-17(6-2-13)47(45,46)18-7-3-14(4-8-18)26-24-21(31(41)42)11-16(28(35)36)12-22(24)32(43)44/h1-12,25-26H. The smallest absolute Gasteiger partial charge is 0.306 e. The molecule has 0 fully saturated rings. The van der Waals surface area contributed by atoms with Crippen LogP contribution in [0.3, 0.4) is 0 Å². The van der Waals surface area contributed by atoms with E-state index < -0.39 is 84.9 Å². The minimum Gasteiger partial charge on any atom is -0.344 e. The third-order valence-electron chi connectivity index (χ3n) is 6.24. The first-order valence-electron chi connectivity index (χ1n) is 12.2. The maximum atomic E-state index is 13.2. The number of benzene rings is 4. The van der Waals surface area contributed by atoms with Crippen molar-refractivity contribution in [2.24, 2.45) is 0 Å². The third-order valence-corrected chi connectivity index (χ3v) is 8.02. The molecular formula is C24H14N8O14S. The maximum absolute atomic E-state index is 13.2. The molecule has 22 nitrogen and oxygen atoms in total. The van der Waals surface area contributed by atoms with E-state index in [1.54, 1.807) is 0 Å². The highest BCUT2D eigenvalue weighted by Crippen LogP contribution is 2.41. The van der Waals surface area contributed by atoms with Gasteiger partial charge in [-0.3, -0.25) is 60.7 Å². The van der Waals surface area contributed by atoms with Gasteiger partial charge in [0.1, 0.15) is 0 Å². The molecule has 0 aliphatic carbocycles.